The summed E-state index contributed by atoms with van der Waals surface area (Å²) in [5.74, 6) is 1.08. The molecular weight excluding hydrogens is 356 g/mol. The van der Waals surface area contributed by atoms with Gasteiger partial charge in [0.1, 0.15) is 10.7 Å². The molecule has 0 spiro atoms. The van der Waals surface area contributed by atoms with Crippen LogP contribution in [0, 0.1) is 5.92 Å². The van der Waals surface area contributed by atoms with E-state index >= 15 is 0 Å². The van der Waals surface area contributed by atoms with Crippen LogP contribution in [0.4, 0.5) is 0 Å². The molecular formula is C14H23BrN2O3S. The molecule has 0 aromatic carbocycles. The van der Waals surface area contributed by atoms with Crippen LogP contribution in [-0.2, 0) is 16.6 Å². The van der Waals surface area contributed by atoms with Gasteiger partial charge in [-0.05, 0) is 41.7 Å². The Labute approximate surface area is 135 Å². The third-order valence-corrected chi connectivity index (χ3v) is 6.67. The lowest BCUT2D eigenvalue weighted by Gasteiger charge is -2.26. The van der Waals surface area contributed by atoms with E-state index in [1.54, 1.807) is 20.2 Å². The van der Waals surface area contributed by atoms with Gasteiger partial charge in [0, 0.05) is 19.7 Å². The summed E-state index contributed by atoms with van der Waals surface area (Å²) in [6.07, 6.45) is 5.93. The fraction of sp³-hybridized carbons (Fsp3) is 0.714. The lowest BCUT2D eigenvalue weighted by molar-refractivity contribution is 0.300. The van der Waals surface area contributed by atoms with Gasteiger partial charge >= 0.3 is 0 Å². The van der Waals surface area contributed by atoms with Gasteiger partial charge in [0.2, 0.25) is 10.0 Å². The van der Waals surface area contributed by atoms with E-state index < -0.39 is 10.0 Å². The van der Waals surface area contributed by atoms with E-state index in [1.165, 1.54) is 23.6 Å². The largest absolute Gasteiger partial charge is 0.452 e. The first-order chi connectivity index (χ1) is 9.95. The number of nitrogens with zero attached hydrogens (tertiary/aromatic N) is 1. The van der Waals surface area contributed by atoms with Gasteiger partial charge in [0.25, 0.3) is 0 Å². The van der Waals surface area contributed by atoms with Crippen LogP contribution in [0.2, 0.25) is 0 Å². The maximum absolute atomic E-state index is 12.7. The first kappa shape index (κ1) is 17.0. The van der Waals surface area contributed by atoms with E-state index in [-0.39, 0.29) is 9.56 Å². The normalized spacial score (nSPS) is 17.5. The molecule has 21 heavy (non-hydrogen) atoms. The third-order valence-electron chi connectivity index (χ3n) is 3.99. The number of nitrogens with one attached hydrogen (secondary N) is 1. The molecule has 1 saturated carbocycles. The summed E-state index contributed by atoms with van der Waals surface area (Å²) >= 11 is 3.22. The molecule has 120 valence electrons. The lowest BCUT2D eigenvalue weighted by atomic mass is 9.89. The molecule has 2 rings (SSSR count). The van der Waals surface area contributed by atoms with Crippen molar-refractivity contribution in [2.24, 2.45) is 5.92 Å². The summed E-state index contributed by atoms with van der Waals surface area (Å²) in [5.41, 5.74) is 0. The highest BCUT2D eigenvalue weighted by Gasteiger charge is 2.29. The quantitative estimate of drug-likeness (QED) is 0.826. The number of furan rings is 1. The second-order valence-corrected chi connectivity index (χ2v) is 8.40. The average Bonchev–Trinajstić information content (AvgIpc) is 2.82. The van der Waals surface area contributed by atoms with Crippen molar-refractivity contribution in [1.82, 2.24) is 9.62 Å². The van der Waals surface area contributed by atoms with Crippen molar-refractivity contribution in [2.45, 2.75) is 43.5 Å². The molecule has 1 fully saturated rings. The van der Waals surface area contributed by atoms with Crippen LogP contribution >= 0.6 is 15.9 Å². The van der Waals surface area contributed by atoms with Gasteiger partial charge < -0.3 is 9.73 Å². The standard InChI is InChI=1S/C14H23BrN2O3S/c1-16-9-12-8-13(14(15)20-12)21(18,19)17(2)10-11-6-4-3-5-7-11/h8,11,16H,3-7,9-10H2,1-2H3. The predicted octanol–water partition coefficient (Wildman–Crippen LogP) is 2.96. The molecule has 1 heterocycles. The molecule has 7 heteroatoms. The highest BCUT2D eigenvalue weighted by molar-refractivity contribution is 9.10. The average molecular weight is 379 g/mol. The summed E-state index contributed by atoms with van der Waals surface area (Å²) in [6, 6.07) is 1.59. The number of halogens is 1. The molecule has 0 aliphatic heterocycles. The van der Waals surface area contributed by atoms with E-state index in [2.05, 4.69) is 21.2 Å². The highest BCUT2D eigenvalue weighted by Crippen LogP contribution is 2.30. The van der Waals surface area contributed by atoms with Crippen LogP contribution in [0.15, 0.2) is 20.0 Å². The van der Waals surface area contributed by atoms with E-state index in [0.717, 1.165) is 12.8 Å². The molecule has 1 N–H and O–H groups in total. The van der Waals surface area contributed by atoms with Gasteiger partial charge in [-0.2, -0.15) is 0 Å². The Bertz CT molecular complexity index is 565. The Hall–Kier alpha value is -0.370. The maximum atomic E-state index is 12.7. The van der Waals surface area contributed by atoms with Crippen molar-refractivity contribution < 1.29 is 12.8 Å². The second-order valence-electron chi connectivity index (χ2n) is 5.67. The van der Waals surface area contributed by atoms with Crippen LogP contribution in [0.3, 0.4) is 0 Å². The Balaban J connectivity index is 2.12. The van der Waals surface area contributed by atoms with Gasteiger partial charge in [-0.3, -0.25) is 0 Å². The summed E-state index contributed by atoms with van der Waals surface area (Å²) in [5, 5.41) is 2.95. The van der Waals surface area contributed by atoms with Crippen molar-refractivity contribution in [1.29, 1.82) is 0 Å². The summed E-state index contributed by atoms with van der Waals surface area (Å²) in [6.45, 7) is 1.09. The molecule has 0 unspecified atom stereocenters. The molecule has 0 bridgehead atoms. The minimum absolute atomic E-state index is 0.214. The molecule has 5 nitrogen and oxygen atoms in total. The first-order valence-corrected chi connectivity index (χ1v) is 9.57. The number of hydrogen-bond donors (Lipinski definition) is 1. The van der Waals surface area contributed by atoms with E-state index in [1.807, 2.05) is 0 Å². The van der Waals surface area contributed by atoms with Crippen LogP contribution < -0.4 is 5.32 Å². The Kier molecular flexibility index (Phi) is 5.88. The molecule has 0 atom stereocenters. The van der Waals surface area contributed by atoms with Crippen molar-refractivity contribution in [2.75, 3.05) is 20.6 Å². The molecule has 0 amide bonds. The van der Waals surface area contributed by atoms with Crippen molar-refractivity contribution in [3.05, 3.63) is 16.5 Å². The minimum atomic E-state index is -3.50. The summed E-state index contributed by atoms with van der Waals surface area (Å²) in [7, 11) is -0.0562. The first-order valence-electron chi connectivity index (χ1n) is 7.34. The summed E-state index contributed by atoms with van der Waals surface area (Å²) in [4.78, 5) is 0.214. The second kappa shape index (κ2) is 7.26. The molecule has 1 aromatic rings. The Morgan fingerprint density at radius 3 is 2.67 bits per heavy atom. The van der Waals surface area contributed by atoms with Crippen molar-refractivity contribution >= 4 is 26.0 Å². The zero-order valence-electron chi connectivity index (χ0n) is 12.6. The topological polar surface area (TPSA) is 62.6 Å². The minimum Gasteiger partial charge on any atom is -0.452 e. The molecule has 1 aliphatic carbocycles. The Morgan fingerprint density at radius 2 is 2.05 bits per heavy atom. The van der Waals surface area contributed by atoms with Gasteiger partial charge in [-0.1, -0.05) is 19.3 Å². The smallest absolute Gasteiger partial charge is 0.247 e. The van der Waals surface area contributed by atoms with Crippen LogP contribution in [-0.4, -0.2) is 33.4 Å². The Morgan fingerprint density at radius 1 is 1.38 bits per heavy atom. The van der Waals surface area contributed by atoms with Crippen molar-refractivity contribution in [3.8, 4) is 0 Å². The zero-order chi connectivity index (χ0) is 15.5. The van der Waals surface area contributed by atoms with Gasteiger partial charge in [-0.25, -0.2) is 12.7 Å². The van der Waals surface area contributed by atoms with Crippen LogP contribution in [0.25, 0.3) is 0 Å². The molecule has 0 saturated heterocycles. The third kappa shape index (κ3) is 4.09. The molecule has 1 aliphatic rings. The van der Waals surface area contributed by atoms with E-state index in [4.69, 9.17) is 4.42 Å². The van der Waals surface area contributed by atoms with Crippen LogP contribution in [0.5, 0.6) is 0 Å². The van der Waals surface area contributed by atoms with Crippen molar-refractivity contribution in [3.63, 3.8) is 0 Å². The van der Waals surface area contributed by atoms with Gasteiger partial charge in [0.15, 0.2) is 4.67 Å². The SMILES string of the molecule is CNCc1cc(S(=O)(=O)N(C)CC2CCCCC2)c(Br)o1. The molecule has 1 aromatic heterocycles. The maximum Gasteiger partial charge on any atom is 0.247 e. The lowest BCUT2D eigenvalue weighted by Crippen LogP contribution is -2.32. The highest BCUT2D eigenvalue weighted by atomic mass is 79.9. The van der Waals surface area contributed by atoms with Crippen LogP contribution in [0.1, 0.15) is 37.9 Å². The van der Waals surface area contributed by atoms with Gasteiger partial charge in [0.05, 0.1) is 6.54 Å². The van der Waals surface area contributed by atoms with E-state index in [9.17, 15) is 8.42 Å². The fourth-order valence-electron chi connectivity index (χ4n) is 2.83. The number of hydrogen-bond acceptors (Lipinski definition) is 4. The summed E-state index contributed by atoms with van der Waals surface area (Å²) < 4.78 is 32.5. The number of rotatable bonds is 6. The van der Waals surface area contributed by atoms with E-state index in [0.29, 0.717) is 24.8 Å². The predicted molar refractivity (Wildman–Crippen MR) is 85.6 cm³/mol. The number of sulfonamides is 1. The van der Waals surface area contributed by atoms with Gasteiger partial charge in [-0.15, -0.1) is 0 Å². The fourth-order valence-corrected chi connectivity index (χ4v) is 5.04. The molecule has 0 radical (unpaired) electrons. The monoisotopic (exact) mass is 378 g/mol. The zero-order valence-corrected chi connectivity index (χ0v) is 15.0.